The molecule has 1 atom stereocenters. The van der Waals surface area contributed by atoms with Gasteiger partial charge >= 0.3 is 5.69 Å². The summed E-state index contributed by atoms with van der Waals surface area (Å²) < 4.78 is 18.6. The standard InChI is InChI=1S/C15H14FN3O2/c1-21-13-5-3-8(6-10(13)16)14(17)9-2-4-11-12(7-9)19-15(20)18-11/h2-7,14H,17H2,1H3,(H2,18,19,20). The van der Waals surface area contributed by atoms with Crippen molar-refractivity contribution in [3.63, 3.8) is 0 Å². The number of hydrogen-bond acceptors (Lipinski definition) is 3. The third-order valence-electron chi connectivity index (χ3n) is 3.43. The second kappa shape index (κ2) is 5.06. The van der Waals surface area contributed by atoms with Crippen molar-refractivity contribution in [2.45, 2.75) is 6.04 Å². The Morgan fingerprint density at radius 2 is 1.76 bits per heavy atom. The third-order valence-corrected chi connectivity index (χ3v) is 3.43. The minimum Gasteiger partial charge on any atom is -0.494 e. The van der Waals surface area contributed by atoms with Crippen LogP contribution in [0.5, 0.6) is 5.75 Å². The van der Waals surface area contributed by atoms with Crippen molar-refractivity contribution in [1.82, 2.24) is 9.97 Å². The Bertz CT molecular complexity index is 853. The van der Waals surface area contributed by atoms with Gasteiger partial charge in [0.2, 0.25) is 0 Å². The fourth-order valence-electron chi connectivity index (χ4n) is 2.31. The number of rotatable bonds is 3. The topological polar surface area (TPSA) is 83.9 Å². The van der Waals surface area contributed by atoms with Crippen LogP contribution in [0, 0.1) is 5.82 Å². The molecule has 3 rings (SSSR count). The van der Waals surface area contributed by atoms with E-state index in [-0.39, 0.29) is 11.4 Å². The van der Waals surface area contributed by atoms with Crippen LogP contribution in [0.25, 0.3) is 11.0 Å². The Kier molecular flexibility index (Phi) is 3.23. The highest BCUT2D eigenvalue weighted by Gasteiger charge is 2.13. The fourth-order valence-corrected chi connectivity index (χ4v) is 2.31. The normalized spacial score (nSPS) is 12.5. The predicted octanol–water partition coefficient (Wildman–Crippen LogP) is 2.05. The monoisotopic (exact) mass is 287 g/mol. The SMILES string of the molecule is COc1ccc(C(N)c2ccc3[nH]c(=O)[nH]c3c2)cc1F. The lowest BCUT2D eigenvalue weighted by Crippen LogP contribution is -2.12. The molecule has 4 N–H and O–H groups in total. The Hall–Kier alpha value is -2.60. The summed E-state index contributed by atoms with van der Waals surface area (Å²) in [6, 6.07) is 9.47. The van der Waals surface area contributed by atoms with Gasteiger partial charge < -0.3 is 20.4 Å². The predicted molar refractivity (Wildman–Crippen MR) is 77.9 cm³/mol. The van der Waals surface area contributed by atoms with Gasteiger partial charge in [-0.05, 0) is 35.4 Å². The summed E-state index contributed by atoms with van der Waals surface area (Å²) in [6.07, 6.45) is 0. The first-order valence-corrected chi connectivity index (χ1v) is 6.39. The smallest absolute Gasteiger partial charge is 0.323 e. The maximum absolute atomic E-state index is 13.7. The second-order valence-electron chi connectivity index (χ2n) is 4.76. The van der Waals surface area contributed by atoms with E-state index in [0.29, 0.717) is 16.6 Å². The molecule has 0 aliphatic rings. The zero-order chi connectivity index (χ0) is 15.0. The largest absolute Gasteiger partial charge is 0.494 e. The van der Waals surface area contributed by atoms with E-state index in [9.17, 15) is 9.18 Å². The van der Waals surface area contributed by atoms with E-state index < -0.39 is 11.9 Å². The summed E-state index contributed by atoms with van der Waals surface area (Å²) in [5.74, 6) is -0.280. The number of H-pyrrole nitrogens is 2. The molecule has 0 spiro atoms. The lowest BCUT2D eigenvalue weighted by atomic mass is 9.99. The Balaban J connectivity index is 2.00. The highest BCUT2D eigenvalue weighted by molar-refractivity contribution is 5.75. The van der Waals surface area contributed by atoms with Crippen molar-refractivity contribution >= 4 is 11.0 Å². The number of hydrogen-bond donors (Lipinski definition) is 3. The fraction of sp³-hybridized carbons (Fsp3) is 0.133. The molecule has 3 aromatic rings. The van der Waals surface area contributed by atoms with Crippen molar-refractivity contribution in [3.05, 3.63) is 63.8 Å². The van der Waals surface area contributed by atoms with Crippen LogP contribution in [0.1, 0.15) is 17.2 Å². The molecule has 1 unspecified atom stereocenters. The number of aromatic nitrogens is 2. The average molecular weight is 287 g/mol. The molecule has 108 valence electrons. The molecule has 6 heteroatoms. The number of nitrogens with two attached hydrogens (primary N) is 1. The van der Waals surface area contributed by atoms with E-state index in [1.54, 1.807) is 30.3 Å². The van der Waals surface area contributed by atoms with Crippen LogP contribution in [-0.2, 0) is 0 Å². The summed E-state index contributed by atoms with van der Waals surface area (Å²) in [6.45, 7) is 0. The van der Waals surface area contributed by atoms with Crippen LogP contribution in [-0.4, -0.2) is 17.1 Å². The molecule has 0 saturated carbocycles. The van der Waals surface area contributed by atoms with Crippen LogP contribution >= 0.6 is 0 Å². The van der Waals surface area contributed by atoms with Crippen molar-refractivity contribution in [2.24, 2.45) is 5.73 Å². The van der Waals surface area contributed by atoms with Crippen molar-refractivity contribution in [1.29, 1.82) is 0 Å². The maximum Gasteiger partial charge on any atom is 0.323 e. The van der Waals surface area contributed by atoms with Gasteiger partial charge in [-0.2, -0.15) is 0 Å². The minimum atomic E-state index is -0.492. The van der Waals surface area contributed by atoms with Gasteiger partial charge in [-0.15, -0.1) is 0 Å². The van der Waals surface area contributed by atoms with Gasteiger partial charge in [-0.1, -0.05) is 12.1 Å². The molecule has 1 heterocycles. The van der Waals surface area contributed by atoms with E-state index in [0.717, 1.165) is 5.56 Å². The molecule has 0 fully saturated rings. The van der Waals surface area contributed by atoms with Gasteiger partial charge in [0.25, 0.3) is 0 Å². The molecule has 21 heavy (non-hydrogen) atoms. The first-order valence-electron chi connectivity index (χ1n) is 6.39. The van der Waals surface area contributed by atoms with Gasteiger partial charge in [0.1, 0.15) is 0 Å². The number of nitrogens with one attached hydrogen (secondary N) is 2. The van der Waals surface area contributed by atoms with E-state index in [4.69, 9.17) is 10.5 Å². The first kappa shape index (κ1) is 13.4. The van der Waals surface area contributed by atoms with Gasteiger partial charge in [-0.25, -0.2) is 9.18 Å². The van der Waals surface area contributed by atoms with Gasteiger partial charge in [0.05, 0.1) is 24.2 Å². The number of halogens is 1. The molecule has 0 amide bonds. The highest BCUT2D eigenvalue weighted by Crippen LogP contribution is 2.25. The van der Waals surface area contributed by atoms with E-state index in [2.05, 4.69) is 9.97 Å². The van der Waals surface area contributed by atoms with E-state index >= 15 is 0 Å². The lowest BCUT2D eigenvalue weighted by Gasteiger charge is -2.13. The number of benzene rings is 2. The number of ether oxygens (including phenoxy) is 1. The molecular weight excluding hydrogens is 273 g/mol. The molecule has 5 nitrogen and oxygen atoms in total. The van der Waals surface area contributed by atoms with Crippen LogP contribution in [0.15, 0.2) is 41.2 Å². The quantitative estimate of drug-likeness (QED) is 0.689. The van der Waals surface area contributed by atoms with Gasteiger partial charge in [0, 0.05) is 0 Å². The molecule has 0 radical (unpaired) electrons. The van der Waals surface area contributed by atoms with Gasteiger partial charge in [-0.3, -0.25) is 0 Å². The molecule has 0 aliphatic heterocycles. The summed E-state index contributed by atoms with van der Waals surface area (Å²) in [7, 11) is 1.41. The summed E-state index contributed by atoms with van der Waals surface area (Å²) in [4.78, 5) is 16.6. The van der Waals surface area contributed by atoms with Crippen LogP contribution < -0.4 is 16.2 Å². The molecule has 0 saturated heterocycles. The van der Waals surface area contributed by atoms with E-state index in [1.807, 2.05) is 0 Å². The van der Waals surface area contributed by atoms with Crippen molar-refractivity contribution in [2.75, 3.05) is 7.11 Å². The van der Waals surface area contributed by atoms with Crippen LogP contribution in [0.2, 0.25) is 0 Å². The van der Waals surface area contributed by atoms with E-state index in [1.165, 1.54) is 13.2 Å². The molecular formula is C15H14FN3O2. The Morgan fingerprint density at radius 1 is 1.10 bits per heavy atom. The summed E-state index contributed by atoms with van der Waals surface area (Å²) >= 11 is 0. The molecule has 0 aliphatic carbocycles. The maximum atomic E-state index is 13.7. The number of fused-ring (bicyclic) bond motifs is 1. The van der Waals surface area contributed by atoms with Crippen LogP contribution in [0.3, 0.4) is 0 Å². The Morgan fingerprint density at radius 3 is 2.48 bits per heavy atom. The highest BCUT2D eigenvalue weighted by atomic mass is 19.1. The number of methoxy groups -OCH3 is 1. The molecule has 1 aromatic heterocycles. The Labute approximate surface area is 119 Å². The van der Waals surface area contributed by atoms with Crippen LogP contribution in [0.4, 0.5) is 4.39 Å². The minimum absolute atomic E-state index is 0.177. The van der Waals surface area contributed by atoms with Crippen molar-refractivity contribution < 1.29 is 9.13 Å². The zero-order valence-corrected chi connectivity index (χ0v) is 11.3. The second-order valence-corrected chi connectivity index (χ2v) is 4.76. The summed E-state index contributed by atoms with van der Waals surface area (Å²) in [5.41, 5.74) is 8.68. The molecule has 0 bridgehead atoms. The van der Waals surface area contributed by atoms with Crippen molar-refractivity contribution in [3.8, 4) is 5.75 Å². The molecule has 2 aromatic carbocycles. The zero-order valence-electron chi connectivity index (χ0n) is 11.3. The van der Waals surface area contributed by atoms with Gasteiger partial charge in [0.15, 0.2) is 11.6 Å². The number of aromatic amines is 2. The first-order chi connectivity index (χ1) is 10.1. The number of imidazole rings is 1. The lowest BCUT2D eigenvalue weighted by molar-refractivity contribution is 0.386. The average Bonchev–Trinajstić information content (AvgIpc) is 2.85. The summed E-state index contributed by atoms with van der Waals surface area (Å²) in [5, 5.41) is 0. The third kappa shape index (κ3) is 2.41.